The number of nitrogens with one attached hydrogen (secondary N) is 1. The van der Waals surface area contributed by atoms with E-state index in [1.807, 2.05) is 12.1 Å². The number of amides is 1. The molecule has 0 unspecified atom stereocenters. The van der Waals surface area contributed by atoms with Gasteiger partial charge in [0, 0.05) is 13.1 Å². The number of carbonyl (C=O) groups excluding carboxylic acids is 1. The van der Waals surface area contributed by atoms with E-state index in [4.69, 9.17) is 0 Å². The summed E-state index contributed by atoms with van der Waals surface area (Å²) in [5.41, 5.74) is 3.72. The van der Waals surface area contributed by atoms with E-state index < -0.39 is 0 Å². The number of benzene rings is 1. The second-order valence-corrected chi connectivity index (χ2v) is 7.60. The zero-order chi connectivity index (χ0) is 16.8. The Morgan fingerprint density at radius 2 is 2.08 bits per heavy atom. The number of carbonyl (C=O) groups is 1. The first-order valence-corrected chi connectivity index (χ1v) is 9.69. The molecule has 24 heavy (non-hydrogen) atoms. The maximum atomic E-state index is 12.1. The van der Waals surface area contributed by atoms with Gasteiger partial charge in [0.05, 0.1) is 6.42 Å². The molecule has 1 saturated heterocycles. The molecule has 0 atom stereocenters. The highest BCUT2D eigenvalue weighted by Crippen LogP contribution is 2.19. The van der Waals surface area contributed by atoms with Gasteiger partial charge >= 0.3 is 0 Å². The highest BCUT2D eigenvalue weighted by atomic mass is 32.1. The average Bonchev–Trinajstić information content (AvgIpc) is 3.07. The third kappa shape index (κ3) is 5.18. The maximum absolute atomic E-state index is 12.1. The van der Waals surface area contributed by atoms with Crippen molar-refractivity contribution >= 4 is 17.2 Å². The van der Waals surface area contributed by atoms with Gasteiger partial charge in [-0.15, -0.1) is 0 Å². The third-order valence-corrected chi connectivity index (χ3v) is 5.46. The van der Waals surface area contributed by atoms with Crippen molar-refractivity contribution in [2.45, 2.75) is 32.7 Å². The Kier molecular flexibility index (Phi) is 6.05. The molecule has 0 bridgehead atoms. The van der Waals surface area contributed by atoms with Crippen molar-refractivity contribution in [2.75, 3.05) is 19.6 Å². The van der Waals surface area contributed by atoms with Crippen LogP contribution in [0.5, 0.6) is 0 Å². The number of piperidine rings is 1. The summed E-state index contributed by atoms with van der Waals surface area (Å²) in [6.07, 6.45) is 2.84. The van der Waals surface area contributed by atoms with Crippen molar-refractivity contribution in [3.05, 3.63) is 57.8 Å². The third-order valence-electron chi connectivity index (χ3n) is 4.73. The average molecular weight is 343 g/mol. The molecule has 3 rings (SSSR count). The van der Waals surface area contributed by atoms with Crippen LogP contribution in [-0.2, 0) is 17.8 Å². The van der Waals surface area contributed by atoms with Crippen LogP contribution in [0.1, 0.15) is 29.5 Å². The molecular formula is C20H26N2OS. The lowest BCUT2D eigenvalue weighted by atomic mass is 9.96. The van der Waals surface area contributed by atoms with E-state index in [0.717, 1.165) is 31.7 Å². The Bertz CT molecular complexity index is 645. The highest BCUT2D eigenvalue weighted by Gasteiger charge is 2.19. The first kappa shape index (κ1) is 17.2. The first-order valence-electron chi connectivity index (χ1n) is 8.75. The van der Waals surface area contributed by atoms with Gasteiger partial charge in [0.15, 0.2) is 0 Å². The predicted octanol–water partition coefficient (Wildman–Crippen LogP) is 3.63. The minimum atomic E-state index is 0.140. The van der Waals surface area contributed by atoms with E-state index in [-0.39, 0.29) is 5.91 Å². The van der Waals surface area contributed by atoms with Crippen LogP contribution < -0.4 is 5.32 Å². The normalized spacial score (nSPS) is 16.2. The lowest BCUT2D eigenvalue weighted by Gasteiger charge is -2.31. The SMILES string of the molecule is Cc1cccc(CC(=O)NCC2CCN(Cc3ccsc3)CC2)c1. The summed E-state index contributed by atoms with van der Waals surface area (Å²) in [6, 6.07) is 10.4. The molecule has 2 aromatic rings. The number of nitrogens with zero attached hydrogens (tertiary/aromatic N) is 1. The number of hydrogen-bond acceptors (Lipinski definition) is 3. The van der Waals surface area contributed by atoms with E-state index in [0.29, 0.717) is 12.3 Å². The Morgan fingerprint density at radius 1 is 1.25 bits per heavy atom. The van der Waals surface area contributed by atoms with Crippen LogP contribution in [0.2, 0.25) is 0 Å². The molecule has 4 heteroatoms. The molecule has 1 aromatic heterocycles. The zero-order valence-electron chi connectivity index (χ0n) is 14.3. The van der Waals surface area contributed by atoms with Gasteiger partial charge in [0.1, 0.15) is 0 Å². The van der Waals surface area contributed by atoms with Crippen molar-refractivity contribution in [3.8, 4) is 0 Å². The molecule has 0 saturated carbocycles. The number of aryl methyl sites for hydroxylation is 1. The fourth-order valence-electron chi connectivity index (χ4n) is 3.32. The minimum absolute atomic E-state index is 0.140. The highest BCUT2D eigenvalue weighted by molar-refractivity contribution is 7.07. The largest absolute Gasteiger partial charge is 0.356 e. The number of hydrogen-bond donors (Lipinski definition) is 1. The van der Waals surface area contributed by atoms with Gasteiger partial charge in [-0.25, -0.2) is 0 Å². The molecule has 128 valence electrons. The molecular weight excluding hydrogens is 316 g/mol. The second-order valence-electron chi connectivity index (χ2n) is 6.82. The summed E-state index contributed by atoms with van der Waals surface area (Å²) in [5.74, 6) is 0.756. The molecule has 0 aliphatic carbocycles. The van der Waals surface area contributed by atoms with Gasteiger partial charge in [-0.2, -0.15) is 11.3 Å². The molecule has 1 N–H and O–H groups in total. The monoisotopic (exact) mass is 342 g/mol. The molecule has 1 aliphatic heterocycles. The summed E-state index contributed by atoms with van der Waals surface area (Å²) < 4.78 is 0. The Morgan fingerprint density at radius 3 is 2.79 bits per heavy atom. The van der Waals surface area contributed by atoms with Gasteiger partial charge in [-0.3, -0.25) is 9.69 Å². The molecule has 1 fully saturated rings. The molecule has 1 aromatic carbocycles. The van der Waals surface area contributed by atoms with Crippen LogP contribution in [0.15, 0.2) is 41.1 Å². The zero-order valence-corrected chi connectivity index (χ0v) is 15.1. The van der Waals surface area contributed by atoms with E-state index in [1.54, 1.807) is 11.3 Å². The van der Waals surface area contributed by atoms with Crippen molar-refractivity contribution < 1.29 is 4.79 Å². The van der Waals surface area contributed by atoms with Crippen LogP contribution in [0, 0.1) is 12.8 Å². The summed E-state index contributed by atoms with van der Waals surface area (Å²) in [5, 5.41) is 7.50. The van der Waals surface area contributed by atoms with Crippen LogP contribution >= 0.6 is 11.3 Å². The molecule has 1 amide bonds. The van der Waals surface area contributed by atoms with Crippen LogP contribution in [0.3, 0.4) is 0 Å². The predicted molar refractivity (Wildman–Crippen MR) is 100 cm³/mol. The Hall–Kier alpha value is -1.65. The van der Waals surface area contributed by atoms with Crippen LogP contribution in [0.25, 0.3) is 0 Å². The van der Waals surface area contributed by atoms with E-state index in [1.165, 1.54) is 24.0 Å². The van der Waals surface area contributed by atoms with Crippen molar-refractivity contribution in [2.24, 2.45) is 5.92 Å². The molecule has 2 heterocycles. The molecule has 0 radical (unpaired) electrons. The summed E-state index contributed by atoms with van der Waals surface area (Å²) in [6.45, 7) is 6.21. The summed E-state index contributed by atoms with van der Waals surface area (Å²) >= 11 is 1.77. The van der Waals surface area contributed by atoms with Crippen molar-refractivity contribution in [1.82, 2.24) is 10.2 Å². The second kappa shape index (κ2) is 8.45. The fraction of sp³-hybridized carbons (Fsp3) is 0.450. The number of likely N-dealkylation sites (tertiary alicyclic amines) is 1. The maximum Gasteiger partial charge on any atom is 0.224 e. The van der Waals surface area contributed by atoms with E-state index in [2.05, 4.69) is 46.1 Å². The quantitative estimate of drug-likeness (QED) is 0.869. The van der Waals surface area contributed by atoms with Crippen LogP contribution in [-0.4, -0.2) is 30.4 Å². The molecule has 3 nitrogen and oxygen atoms in total. The Labute approximate surface area is 148 Å². The number of thiophene rings is 1. The minimum Gasteiger partial charge on any atom is -0.356 e. The fourth-order valence-corrected chi connectivity index (χ4v) is 3.98. The van der Waals surface area contributed by atoms with Gasteiger partial charge in [-0.05, 0) is 66.7 Å². The summed E-state index contributed by atoms with van der Waals surface area (Å²) in [7, 11) is 0. The lowest BCUT2D eigenvalue weighted by molar-refractivity contribution is -0.120. The molecule has 0 spiro atoms. The molecule has 1 aliphatic rings. The van der Waals surface area contributed by atoms with Crippen molar-refractivity contribution in [3.63, 3.8) is 0 Å². The topological polar surface area (TPSA) is 32.3 Å². The lowest BCUT2D eigenvalue weighted by Crippen LogP contribution is -2.38. The van der Waals surface area contributed by atoms with Gasteiger partial charge in [0.25, 0.3) is 0 Å². The standard InChI is InChI=1S/C20H26N2OS/c1-16-3-2-4-18(11-16)12-20(23)21-13-17-5-8-22(9-6-17)14-19-7-10-24-15-19/h2-4,7,10-11,15,17H,5-6,8-9,12-14H2,1H3,(H,21,23). The van der Waals surface area contributed by atoms with Crippen molar-refractivity contribution in [1.29, 1.82) is 0 Å². The van der Waals surface area contributed by atoms with Gasteiger partial charge in [0.2, 0.25) is 5.91 Å². The van der Waals surface area contributed by atoms with Gasteiger partial charge in [-0.1, -0.05) is 29.8 Å². The van der Waals surface area contributed by atoms with E-state index >= 15 is 0 Å². The van der Waals surface area contributed by atoms with Gasteiger partial charge < -0.3 is 5.32 Å². The van der Waals surface area contributed by atoms with Crippen LogP contribution in [0.4, 0.5) is 0 Å². The Balaban J connectivity index is 1.36. The van der Waals surface area contributed by atoms with E-state index in [9.17, 15) is 4.79 Å². The number of rotatable bonds is 6. The smallest absolute Gasteiger partial charge is 0.224 e. The summed E-state index contributed by atoms with van der Waals surface area (Å²) in [4.78, 5) is 14.6. The first-order chi connectivity index (χ1) is 11.7.